The number of piperazine rings is 1. The predicted molar refractivity (Wildman–Crippen MR) is 101 cm³/mol. The van der Waals surface area contributed by atoms with Gasteiger partial charge in [0, 0.05) is 37.3 Å². The highest BCUT2D eigenvalue weighted by atomic mass is 32.2. The maximum Gasteiger partial charge on any atom is 0.233 e. The summed E-state index contributed by atoms with van der Waals surface area (Å²) < 4.78 is 11.1. The second-order valence-electron chi connectivity index (χ2n) is 6.15. The Morgan fingerprint density at radius 3 is 2.62 bits per heavy atom. The number of benzene rings is 1. The van der Waals surface area contributed by atoms with Crippen molar-refractivity contribution in [1.82, 2.24) is 9.88 Å². The Bertz CT molecular complexity index is 764. The number of amides is 1. The molecule has 136 valence electrons. The average Bonchev–Trinajstić information content (AvgIpc) is 2.72. The Labute approximate surface area is 157 Å². The summed E-state index contributed by atoms with van der Waals surface area (Å²) in [6.07, 6.45) is 1.80. The molecule has 2 aliphatic rings. The number of hydrogen-bond donors (Lipinski definition) is 0. The van der Waals surface area contributed by atoms with Crippen LogP contribution in [-0.2, 0) is 4.79 Å². The van der Waals surface area contributed by atoms with Gasteiger partial charge in [-0.2, -0.15) is 0 Å². The van der Waals surface area contributed by atoms with Gasteiger partial charge in [-0.3, -0.25) is 4.79 Å². The van der Waals surface area contributed by atoms with Crippen molar-refractivity contribution in [3.63, 3.8) is 0 Å². The molecule has 1 aromatic heterocycles. The fourth-order valence-electron chi connectivity index (χ4n) is 3.08. The highest BCUT2D eigenvalue weighted by molar-refractivity contribution is 8.00. The molecule has 0 unspecified atom stereocenters. The van der Waals surface area contributed by atoms with Crippen molar-refractivity contribution in [2.45, 2.75) is 4.90 Å². The van der Waals surface area contributed by atoms with E-state index >= 15 is 0 Å². The van der Waals surface area contributed by atoms with Crippen molar-refractivity contribution < 1.29 is 14.3 Å². The van der Waals surface area contributed by atoms with Gasteiger partial charge in [-0.1, -0.05) is 6.07 Å². The first-order valence-corrected chi connectivity index (χ1v) is 9.74. The number of pyridine rings is 1. The van der Waals surface area contributed by atoms with Crippen LogP contribution in [-0.4, -0.2) is 60.9 Å². The number of carbonyl (C=O) groups is 1. The zero-order valence-electron chi connectivity index (χ0n) is 14.5. The van der Waals surface area contributed by atoms with Crippen molar-refractivity contribution >= 4 is 23.5 Å². The first-order chi connectivity index (χ1) is 12.8. The van der Waals surface area contributed by atoms with Gasteiger partial charge in [-0.25, -0.2) is 4.98 Å². The van der Waals surface area contributed by atoms with Crippen molar-refractivity contribution in [1.29, 1.82) is 0 Å². The highest BCUT2D eigenvalue weighted by Gasteiger charge is 2.22. The number of anilines is 1. The molecule has 1 amide bonds. The van der Waals surface area contributed by atoms with Gasteiger partial charge in [0.05, 0.1) is 5.75 Å². The molecule has 1 aromatic carbocycles. The molecule has 0 spiro atoms. The summed E-state index contributed by atoms with van der Waals surface area (Å²) in [6, 6.07) is 11.8. The SMILES string of the molecule is O=C(CSc1ccc2c(c1)OCCO2)N1CCN(c2ccccn2)CC1. The van der Waals surface area contributed by atoms with Crippen LogP contribution in [0, 0.1) is 0 Å². The standard InChI is InChI=1S/C19H21N3O3S/c23-19(14-26-15-4-5-16-17(13-15)25-12-11-24-16)22-9-7-21(8-10-22)18-3-1-2-6-20-18/h1-6,13H,7-12,14H2. The van der Waals surface area contributed by atoms with Crippen LogP contribution >= 0.6 is 11.8 Å². The minimum Gasteiger partial charge on any atom is -0.486 e. The van der Waals surface area contributed by atoms with Crippen LogP contribution in [0.15, 0.2) is 47.5 Å². The Balaban J connectivity index is 1.28. The summed E-state index contributed by atoms with van der Waals surface area (Å²) in [5.74, 6) is 3.12. The number of nitrogens with zero attached hydrogens (tertiary/aromatic N) is 3. The lowest BCUT2D eigenvalue weighted by Gasteiger charge is -2.35. The predicted octanol–water partition coefficient (Wildman–Crippen LogP) is 2.29. The monoisotopic (exact) mass is 371 g/mol. The third-order valence-corrected chi connectivity index (χ3v) is 5.46. The molecule has 4 rings (SSSR count). The van der Waals surface area contributed by atoms with E-state index in [2.05, 4.69) is 9.88 Å². The fraction of sp³-hybridized carbons (Fsp3) is 0.368. The molecule has 6 nitrogen and oxygen atoms in total. The fourth-order valence-corrected chi connectivity index (χ4v) is 3.90. The molecular formula is C19H21N3O3S. The molecular weight excluding hydrogens is 350 g/mol. The third-order valence-electron chi connectivity index (χ3n) is 4.48. The van der Waals surface area contributed by atoms with Gasteiger partial charge < -0.3 is 19.3 Å². The molecule has 7 heteroatoms. The molecule has 0 radical (unpaired) electrons. The lowest BCUT2D eigenvalue weighted by Crippen LogP contribution is -2.49. The van der Waals surface area contributed by atoms with Crippen LogP contribution in [0.2, 0.25) is 0 Å². The van der Waals surface area contributed by atoms with E-state index in [0.29, 0.717) is 19.0 Å². The number of rotatable bonds is 4. The Hall–Kier alpha value is -2.41. The molecule has 1 saturated heterocycles. The van der Waals surface area contributed by atoms with Gasteiger partial charge in [-0.15, -0.1) is 11.8 Å². The van der Waals surface area contributed by atoms with E-state index in [1.54, 1.807) is 6.20 Å². The molecule has 0 saturated carbocycles. The summed E-state index contributed by atoms with van der Waals surface area (Å²) in [4.78, 5) is 22.1. The summed E-state index contributed by atoms with van der Waals surface area (Å²) in [5.41, 5.74) is 0. The molecule has 1 fully saturated rings. The smallest absolute Gasteiger partial charge is 0.233 e. The van der Waals surface area contributed by atoms with Crippen LogP contribution in [0.3, 0.4) is 0 Å². The van der Waals surface area contributed by atoms with Crippen LogP contribution in [0.1, 0.15) is 0 Å². The van der Waals surface area contributed by atoms with Crippen molar-refractivity contribution in [3.05, 3.63) is 42.6 Å². The number of aromatic nitrogens is 1. The molecule has 0 aliphatic carbocycles. The lowest BCUT2D eigenvalue weighted by molar-refractivity contribution is -0.128. The Kier molecular flexibility index (Phi) is 5.15. The van der Waals surface area contributed by atoms with E-state index in [9.17, 15) is 4.79 Å². The molecule has 2 aromatic rings. The molecule has 26 heavy (non-hydrogen) atoms. The van der Waals surface area contributed by atoms with Gasteiger partial charge in [-0.05, 0) is 30.3 Å². The maximum absolute atomic E-state index is 12.5. The number of fused-ring (bicyclic) bond motifs is 1. The normalized spacial score (nSPS) is 16.5. The summed E-state index contributed by atoms with van der Waals surface area (Å²) >= 11 is 1.54. The number of ether oxygens (including phenoxy) is 2. The van der Waals surface area contributed by atoms with Gasteiger partial charge >= 0.3 is 0 Å². The van der Waals surface area contributed by atoms with E-state index < -0.39 is 0 Å². The first kappa shape index (κ1) is 17.0. The maximum atomic E-state index is 12.5. The average molecular weight is 371 g/mol. The molecule has 2 aliphatic heterocycles. The van der Waals surface area contributed by atoms with Gasteiger partial charge in [0.15, 0.2) is 11.5 Å². The minimum absolute atomic E-state index is 0.172. The Morgan fingerprint density at radius 1 is 1.04 bits per heavy atom. The summed E-state index contributed by atoms with van der Waals surface area (Å²) in [7, 11) is 0. The van der Waals surface area contributed by atoms with Crippen molar-refractivity contribution in [3.8, 4) is 11.5 Å². The van der Waals surface area contributed by atoms with E-state index in [1.807, 2.05) is 41.3 Å². The highest BCUT2D eigenvalue weighted by Crippen LogP contribution is 2.34. The Morgan fingerprint density at radius 2 is 1.85 bits per heavy atom. The van der Waals surface area contributed by atoms with Gasteiger partial charge in [0.1, 0.15) is 19.0 Å². The lowest BCUT2D eigenvalue weighted by atomic mass is 10.3. The zero-order valence-corrected chi connectivity index (χ0v) is 15.3. The van der Waals surface area contributed by atoms with Crippen LogP contribution in [0.5, 0.6) is 11.5 Å². The number of carbonyl (C=O) groups excluding carboxylic acids is 1. The number of hydrogen-bond acceptors (Lipinski definition) is 6. The zero-order chi connectivity index (χ0) is 17.8. The number of thioether (sulfide) groups is 1. The van der Waals surface area contributed by atoms with Crippen LogP contribution in [0.25, 0.3) is 0 Å². The largest absolute Gasteiger partial charge is 0.486 e. The van der Waals surface area contributed by atoms with E-state index in [1.165, 1.54) is 11.8 Å². The summed E-state index contributed by atoms with van der Waals surface area (Å²) in [6.45, 7) is 4.26. The second-order valence-corrected chi connectivity index (χ2v) is 7.20. The topological polar surface area (TPSA) is 54.9 Å². The minimum atomic E-state index is 0.172. The van der Waals surface area contributed by atoms with E-state index in [4.69, 9.17) is 9.47 Å². The quantitative estimate of drug-likeness (QED) is 0.769. The first-order valence-electron chi connectivity index (χ1n) is 8.76. The van der Waals surface area contributed by atoms with E-state index in [0.717, 1.165) is 48.4 Å². The second kappa shape index (κ2) is 7.86. The molecule has 0 atom stereocenters. The van der Waals surface area contributed by atoms with E-state index in [-0.39, 0.29) is 5.91 Å². The van der Waals surface area contributed by atoms with Crippen LogP contribution in [0.4, 0.5) is 5.82 Å². The molecule has 3 heterocycles. The van der Waals surface area contributed by atoms with Crippen molar-refractivity contribution in [2.75, 3.05) is 50.0 Å². The van der Waals surface area contributed by atoms with Gasteiger partial charge in [0.25, 0.3) is 0 Å². The molecule has 0 bridgehead atoms. The van der Waals surface area contributed by atoms with Crippen LogP contribution < -0.4 is 14.4 Å². The van der Waals surface area contributed by atoms with Gasteiger partial charge in [0.2, 0.25) is 5.91 Å². The molecule has 0 N–H and O–H groups in total. The van der Waals surface area contributed by atoms with Crippen molar-refractivity contribution in [2.24, 2.45) is 0 Å². The third kappa shape index (κ3) is 3.88. The summed E-state index contributed by atoms with van der Waals surface area (Å²) in [5, 5.41) is 0.